The first kappa shape index (κ1) is 16.5. The number of carbonyl (C=O) groups is 1. The lowest BCUT2D eigenvalue weighted by molar-refractivity contribution is -0.384. The summed E-state index contributed by atoms with van der Waals surface area (Å²) < 4.78 is 10.2. The molecule has 0 unspecified atom stereocenters. The zero-order chi connectivity index (χ0) is 16.8. The second-order valence-corrected chi connectivity index (χ2v) is 4.81. The van der Waals surface area contributed by atoms with E-state index >= 15 is 0 Å². The van der Waals surface area contributed by atoms with Gasteiger partial charge in [0.25, 0.3) is 5.69 Å². The molecule has 2 aromatic rings. The number of hydrogen-bond acceptors (Lipinski definition) is 6. The Hall–Kier alpha value is -2.87. The van der Waals surface area contributed by atoms with Gasteiger partial charge in [-0.3, -0.25) is 20.2 Å². The number of benzene rings is 1. The number of rotatable bonds is 7. The monoisotopic (exact) mass is 319 g/mol. The second kappa shape index (κ2) is 7.41. The van der Waals surface area contributed by atoms with Crippen LogP contribution >= 0.6 is 0 Å². The first-order chi connectivity index (χ1) is 11.0. The van der Waals surface area contributed by atoms with Crippen molar-refractivity contribution >= 4 is 17.3 Å². The predicted octanol–water partition coefficient (Wildman–Crippen LogP) is 2.49. The Balaban J connectivity index is 1.98. The third kappa shape index (κ3) is 4.30. The summed E-state index contributed by atoms with van der Waals surface area (Å²) in [5.74, 6) is 0.657. The van der Waals surface area contributed by atoms with Crippen LogP contribution in [-0.4, -0.2) is 24.5 Å². The molecule has 1 aromatic carbocycles. The van der Waals surface area contributed by atoms with Gasteiger partial charge in [0.1, 0.15) is 17.2 Å². The molecule has 1 amide bonds. The van der Waals surface area contributed by atoms with E-state index in [4.69, 9.17) is 9.15 Å². The number of ether oxygens (including phenoxy) is 1. The summed E-state index contributed by atoms with van der Waals surface area (Å²) >= 11 is 0. The van der Waals surface area contributed by atoms with E-state index in [1.807, 2.05) is 6.92 Å². The van der Waals surface area contributed by atoms with Gasteiger partial charge in [0, 0.05) is 0 Å². The van der Waals surface area contributed by atoms with Crippen LogP contribution in [0.4, 0.5) is 11.4 Å². The summed E-state index contributed by atoms with van der Waals surface area (Å²) in [6, 6.07) is 7.64. The summed E-state index contributed by atoms with van der Waals surface area (Å²) in [5.41, 5.74) is -0.106. The number of furan rings is 1. The van der Waals surface area contributed by atoms with Crippen LogP contribution < -0.4 is 15.4 Å². The van der Waals surface area contributed by atoms with Gasteiger partial charge in [-0.15, -0.1) is 0 Å². The minimum Gasteiger partial charge on any atom is -0.496 e. The van der Waals surface area contributed by atoms with Crippen LogP contribution in [0.5, 0.6) is 5.75 Å². The van der Waals surface area contributed by atoms with E-state index in [1.54, 1.807) is 24.5 Å². The summed E-state index contributed by atoms with van der Waals surface area (Å²) in [6.45, 7) is 1.84. The molecule has 1 aromatic heterocycles. The van der Waals surface area contributed by atoms with E-state index in [2.05, 4.69) is 10.6 Å². The van der Waals surface area contributed by atoms with Crippen LogP contribution in [0.2, 0.25) is 0 Å². The number of hydrogen-bond donors (Lipinski definition) is 2. The molecule has 0 aliphatic carbocycles. The summed E-state index contributed by atoms with van der Waals surface area (Å²) in [4.78, 5) is 22.4. The normalized spacial score (nSPS) is 11.7. The zero-order valence-electron chi connectivity index (χ0n) is 12.7. The Bertz CT molecular complexity index is 684. The molecule has 0 bridgehead atoms. The van der Waals surface area contributed by atoms with Crippen LogP contribution in [0.15, 0.2) is 41.0 Å². The highest BCUT2D eigenvalue weighted by Gasteiger charge is 2.17. The van der Waals surface area contributed by atoms with Crippen LogP contribution in [0.3, 0.4) is 0 Å². The first-order valence-corrected chi connectivity index (χ1v) is 6.90. The smallest absolute Gasteiger partial charge is 0.296 e. The second-order valence-electron chi connectivity index (χ2n) is 4.81. The van der Waals surface area contributed by atoms with Gasteiger partial charge < -0.3 is 14.5 Å². The Morgan fingerprint density at radius 3 is 2.83 bits per heavy atom. The van der Waals surface area contributed by atoms with E-state index in [0.29, 0.717) is 11.5 Å². The van der Waals surface area contributed by atoms with Crippen LogP contribution in [0.25, 0.3) is 0 Å². The number of nitro benzene ring substituents is 1. The topological polar surface area (TPSA) is 107 Å². The number of anilines is 1. The molecular formula is C15H17N3O5. The molecule has 23 heavy (non-hydrogen) atoms. The van der Waals surface area contributed by atoms with Crippen molar-refractivity contribution < 1.29 is 18.9 Å². The van der Waals surface area contributed by atoms with Gasteiger partial charge in [-0.1, -0.05) is 0 Å². The van der Waals surface area contributed by atoms with Gasteiger partial charge in [-0.05, 0) is 31.2 Å². The number of carbonyl (C=O) groups excluding carboxylic acids is 1. The van der Waals surface area contributed by atoms with Crippen LogP contribution in [-0.2, 0) is 4.79 Å². The molecule has 0 aliphatic heterocycles. The molecule has 0 spiro atoms. The van der Waals surface area contributed by atoms with Crippen molar-refractivity contribution in [3.05, 3.63) is 52.5 Å². The average Bonchev–Trinajstić information content (AvgIpc) is 3.07. The minimum absolute atomic E-state index is 0.00888. The third-order valence-electron chi connectivity index (χ3n) is 3.21. The maximum absolute atomic E-state index is 12.0. The maximum Gasteiger partial charge on any atom is 0.296 e. The molecule has 2 rings (SSSR count). The number of methoxy groups -OCH3 is 1. The van der Waals surface area contributed by atoms with Crippen molar-refractivity contribution in [2.24, 2.45) is 0 Å². The Kier molecular flexibility index (Phi) is 5.32. The fourth-order valence-corrected chi connectivity index (χ4v) is 1.97. The van der Waals surface area contributed by atoms with Crippen molar-refractivity contribution in [2.45, 2.75) is 13.0 Å². The number of amides is 1. The van der Waals surface area contributed by atoms with Gasteiger partial charge in [0.2, 0.25) is 5.91 Å². The van der Waals surface area contributed by atoms with Crippen molar-refractivity contribution in [3.63, 3.8) is 0 Å². The van der Waals surface area contributed by atoms with Crippen molar-refractivity contribution in [2.75, 3.05) is 19.0 Å². The predicted molar refractivity (Wildman–Crippen MR) is 83.4 cm³/mol. The van der Waals surface area contributed by atoms with Gasteiger partial charge in [-0.25, -0.2) is 0 Å². The molecule has 0 fully saturated rings. The molecular weight excluding hydrogens is 302 g/mol. The van der Waals surface area contributed by atoms with Crippen molar-refractivity contribution in [1.82, 2.24) is 5.32 Å². The standard InChI is InChI=1S/C15H17N3O5/c1-10(14-4-3-7-23-14)16-9-15(19)17-12-6-5-11(22-2)8-13(12)18(20)21/h3-8,10,16H,9H2,1-2H3,(H,17,19)/t10-/m0/s1. The largest absolute Gasteiger partial charge is 0.496 e. The third-order valence-corrected chi connectivity index (χ3v) is 3.21. The highest BCUT2D eigenvalue weighted by Crippen LogP contribution is 2.28. The molecule has 8 nitrogen and oxygen atoms in total. The molecule has 0 saturated carbocycles. The molecule has 0 radical (unpaired) electrons. The Labute approximate surface area is 132 Å². The van der Waals surface area contributed by atoms with E-state index < -0.39 is 10.8 Å². The molecule has 0 aliphatic rings. The molecule has 0 saturated heterocycles. The summed E-state index contributed by atoms with van der Waals surface area (Å²) in [7, 11) is 1.41. The van der Waals surface area contributed by atoms with Gasteiger partial charge >= 0.3 is 0 Å². The number of nitro groups is 1. The van der Waals surface area contributed by atoms with E-state index in [-0.39, 0.29) is 24.0 Å². The lowest BCUT2D eigenvalue weighted by Gasteiger charge is -2.12. The fraction of sp³-hybridized carbons (Fsp3) is 0.267. The van der Waals surface area contributed by atoms with Gasteiger partial charge in [-0.2, -0.15) is 0 Å². The Morgan fingerprint density at radius 1 is 1.43 bits per heavy atom. The minimum atomic E-state index is -0.572. The summed E-state index contributed by atoms with van der Waals surface area (Å²) in [6.07, 6.45) is 1.55. The van der Waals surface area contributed by atoms with Crippen LogP contribution in [0.1, 0.15) is 18.7 Å². The first-order valence-electron chi connectivity index (χ1n) is 6.90. The van der Waals surface area contributed by atoms with Crippen molar-refractivity contribution in [3.8, 4) is 5.75 Å². The SMILES string of the molecule is COc1ccc(NC(=O)CN[C@@H](C)c2ccco2)c([N+](=O)[O-])c1. The van der Waals surface area contributed by atoms with Crippen molar-refractivity contribution in [1.29, 1.82) is 0 Å². The van der Waals surface area contributed by atoms with Gasteiger partial charge in [0.15, 0.2) is 0 Å². The molecule has 8 heteroatoms. The fourth-order valence-electron chi connectivity index (χ4n) is 1.97. The number of nitrogens with zero attached hydrogens (tertiary/aromatic N) is 1. The molecule has 2 N–H and O–H groups in total. The number of nitrogens with one attached hydrogen (secondary N) is 2. The molecule has 1 heterocycles. The van der Waals surface area contributed by atoms with Gasteiger partial charge in [0.05, 0.1) is 36.9 Å². The zero-order valence-corrected chi connectivity index (χ0v) is 12.7. The van der Waals surface area contributed by atoms with E-state index in [9.17, 15) is 14.9 Å². The summed E-state index contributed by atoms with van der Waals surface area (Å²) in [5, 5.41) is 16.6. The lowest BCUT2D eigenvalue weighted by atomic mass is 10.2. The van der Waals surface area contributed by atoms with E-state index in [0.717, 1.165) is 0 Å². The lowest BCUT2D eigenvalue weighted by Crippen LogP contribution is -2.30. The average molecular weight is 319 g/mol. The maximum atomic E-state index is 12.0. The molecule has 122 valence electrons. The Morgan fingerprint density at radius 2 is 2.22 bits per heavy atom. The highest BCUT2D eigenvalue weighted by molar-refractivity contribution is 5.94. The highest BCUT2D eigenvalue weighted by atomic mass is 16.6. The van der Waals surface area contributed by atoms with E-state index in [1.165, 1.54) is 19.2 Å². The quantitative estimate of drug-likeness (QED) is 0.600. The molecule has 1 atom stereocenters. The van der Waals surface area contributed by atoms with Crippen LogP contribution in [0, 0.1) is 10.1 Å².